The minimum atomic E-state index is -1.09. The molecule has 0 amide bonds. The summed E-state index contributed by atoms with van der Waals surface area (Å²) in [5.41, 5.74) is -1.56. The summed E-state index contributed by atoms with van der Waals surface area (Å²) in [7, 11) is 0. The van der Waals surface area contributed by atoms with Crippen LogP contribution in [0, 0.1) is 17.7 Å². The van der Waals surface area contributed by atoms with Crippen LogP contribution in [-0.2, 0) is 0 Å². The quantitative estimate of drug-likeness (QED) is 0.785. The first-order chi connectivity index (χ1) is 7.93. The smallest absolute Gasteiger partial charge is 0.295 e. The van der Waals surface area contributed by atoms with Crippen LogP contribution >= 0.6 is 11.6 Å². The van der Waals surface area contributed by atoms with Crippen LogP contribution in [0.5, 0.6) is 0 Å². The molecule has 3 unspecified atom stereocenters. The molecule has 0 radical (unpaired) electrons. The summed E-state index contributed by atoms with van der Waals surface area (Å²) in [4.78, 5) is 25.6. The molecule has 1 saturated carbocycles. The molecule has 0 aromatic carbocycles. The van der Waals surface area contributed by atoms with Crippen LogP contribution in [0.2, 0.25) is 5.15 Å². The van der Waals surface area contributed by atoms with Gasteiger partial charge in [-0.3, -0.25) is 14.3 Å². The number of hydrogen-bond donors (Lipinski definition) is 1. The van der Waals surface area contributed by atoms with Gasteiger partial charge in [0.1, 0.15) is 0 Å². The van der Waals surface area contributed by atoms with Crippen molar-refractivity contribution in [3.63, 3.8) is 0 Å². The molecule has 4 nitrogen and oxygen atoms in total. The van der Waals surface area contributed by atoms with Gasteiger partial charge in [-0.2, -0.15) is 4.39 Å². The summed E-state index contributed by atoms with van der Waals surface area (Å²) in [6.45, 7) is 4.04. The van der Waals surface area contributed by atoms with Crippen molar-refractivity contribution in [1.29, 1.82) is 0 Å². The average molecular weight is 261 g/mol. The predicted octanol–water partition coefficient (Wildman–Crippen LogP) is 1.94. The third-order valence-corrected chi connectivity index (χ3v) is 4.05. The van der Waals surface area contributed by atoms with Gasteiger partial charge in [-0.25, -0.2) is 4.79 Å². The molecule has 1 aromatic heterocycles. The van der Waals surface area contributed by atoms with Gasteiger partial charge in [0.2, 0.25) is 5.82 Å². The molecular formula is C11H14ClFN2O2. The fourth-order valence-corrected chi connectivity index (χ4v) is 2.67. The molecule has 1 fully saturated rings. The number of aromatic nitrogens is 2. The summed E-state index contributed by atoms with van der Waals surface area (Å²) in [5.74, 6) is -0.488. The van der Waals surface area contributed by atoms with E-state index in [1.165, 1.54) is 0 Å². The molecule has 17 heavy (non-hydrogen) atoms. The van der Waals surface area contributed by atoms with Crippen LogP contribution in [0.1, 0.15) is 32.7 Å². The van der Waals surface area contributed by atoms with Gasteiger partial charge in [0.25, 0.3) is 5.56 Å². The van der Waals surface area contributed by atoms with E-state index in [0.717, 1.165) is 11.0 Å². The molecule has 1 aliphatic rings. The van der Waals surface area contributed by atoms with E-state index in [1.807, 2.05) is 6.92 Å². The maximum absolute atomic E-state index is 13.4. The Kier molecular flexibility index (Phi) is 3.12. The molecule has 3 atom stereocenters. The Morgan fingerprint density at radius 2 is 2.00 bits per heavy atom. The van der Waals surface area contributed by atoms with Crippen LogP contribution in [0.25, 0.3) is 0 Å². The van der Waals surface area contributed by atoms with Gasteiger partial charge in [0.15, 0.2) is 5.15 Å². The molecule has 1 N–H and O–H groups in total. The van der Waals surface area contributed by atoms with Crippen molar-refractivity contribution < 1.29 is 4.39 Å². The number of rotatable bonds is 1. The number of hydrogen-bond acceptors (Lipinski definition) is 2. The molecule has 0 saturated heterocycles. The number of halogens is 2. The van der Waals surface area contributed by atoms with Gasteiger partial charge in [-0.05, 0) is 24.7 Å². The largest absolute Gasteiger partial charge is 0.329 e. The Balaban J connectivity index is 2.58. The van der Waals surface area contributed by atoms with Crippen molar-refractivity contribution in [3.05, 3.63) is 31.8 Å². The molecule has 1 heterocycles. The highest BCUT2D eigenvalue weighted by atomic mass is 35.5. The van der Waals surface area contributed by atoms with E-state index in [9.17, 15) is 14.0 Å². The first-order valence-corrected chi connectivity index (χ1v) is 6.01. The summed E-state index contributed by atoms with van der Waals surface area (Å²) in [6, 6.07) is -0.243. The van der Waals surface area contributed by atoms with E-state index in [1.54, 1.807) is 0 Å². The highest BCUT2D eigenvalue weighted by Gasteiger charge is 2.33. The van der Waals surface area contributed by atoms with Crippen LogP contribution in [0.3, 0.4) is 0 Å². The fraction of sp³-hybridized carbons (Fsp3) is 0.636. The molecule has 2 rings (SSSR count). The Hall–Kier alpha value is -1.10. The Morgan fingerprint density at radius 1 is 1.35 bits per heavy atom. The van der Waals surface area contributed by atoms with Gasteiger partial charge < -0.3 is 0 Å². The molecular weight excluding hydrogens is 247 g/mol. The van der Waals surface area contributed by atoms with Crippen molar-refractivity contribution in [2.45, 2.75) is 32.7 Å². The average Bonchev–Trinajstić information content (AvgIpc) is 2.58. The minimum Gasteiger partial charge on any atom is -0.295 e. The van der Waals surface area contributed by atoms with Crippen molar-refractivity contribution >= 4 is 11.6 Å². The van der Waals surface area contributed by atoms with Gasteiger partial charge in [-0.15, -0.1) is 0 Å². The van der Waals surface area contributed by atoms with Gasteiger partial charge in [0.05, 0.1) is 0 Å². The van der Waals surface area contributed by atoms with E-state index in [2.05, 4.69) is 11.9 Å². The molecule has 0 spiro atoms. The number of H-pyrrole nitrogens is 1. The molecule has 6 heteroatoms. The molecule has 0 bridgehead atoms. The van der Waals surface area contributed by atoms with Crippen LogP contribution in [0.4, 0.5) is 4.39 Å². The third-order valence-electron chi connectivity index (χ3n) is 3.79. The van der Waals surface area contributed by atoms with Gasteiger partial charge >= 0.3 is 5.69 Å². The fourth-order valence-electron chi connectivity index (χ4n) is 2.50. The van der Waals surface area contributed by atoms with Crippen LogP contribution < -0.4 is 11.2 Å². The normalized spacial score (nSPS) is 28.6. The summed E-state index contributed by atoms with van der Waals surface area (Å²) >= 11 is 5.42. The summed E-state index contributed by atoms with van der Waals surface area (Å²) < 4.78 is 14.4. The monoisotopic (exact) mass is 260 g/mol. The number of nitrogens with zero attached hydrogens (tertiary/aromatic N) is 1. The van der Waals surface area contributed by atoms with E-state index < -0.39 is 22.2 Å². The SMILES string of the molecule is CC1CCC(n2c(=O)[nH]c(Cl)c(F)c2=O)C1C. The maximum Gasteiger partial charge on any atom is 0.329 e. The lowest BCUT2D eigenvalue weighted by molar-refractivity contribution is 0.331. The van der Waals surface area contributed by atoms with Crippen LogP contribution in [0.15, 0.2) is 9.59 Å². The van der Waals surface area contributed by atoms with Crippen molar-refractivity contribution in [2.75, 3.05) is 0 Å². The zero-order valence-electron chi connectivity index (χ0n) is 9.67. The highest BCUT2D eigenvalue weighted by Crippen LogP contribution is 2.38. The number of nitrogens with one attached hydrogen (secondary N) is 1. The molecule has 1 aliphatic carbocycles. The van der Waals surface area contributed by atoms with E-state index in [0.29, 0.717) is 12.3 Å². The predicted molar refractivity (Wildman–Crippen MR) is 62.9 cm³/mol. The first-order valence-electron chi connectivity index (χ1n) is 5.63. The third kappa shape index (κ3) is 1.92. The van der Waals surface area contributed by atoms with Crippen LogP contribution in [-0.4, -0.2) is 9.55 Å². The molecule has 1 aromatic rings. The standard InChI is InChI=1S/C11H14ClFN2O2/c1-5-3-4-7(6(5)2)15-10(16)8(13)9(12)14-11(15)17/h5-7H,3-4H2,1-2H3,(H,14,17). The number of aromatic amines is 1. The van der Waals surface area contributed by atoms with Gasteiger partial charge in [0, 0.05) is 6.04 Å². The zero-order valence-corrected chi connectivity index (χ0v) is 10.4. The Morgan fingerprint density at radius 3 is 2.53 bits per heavy atom. The van der Waals surface area contributed by atoms with Crippen molar-refractivity contribution in [2.24, 2.45) is 11.8 Å². The minimum absolute atomic E-state index is 0.175. The second-order valence-corrected chi connectivity index (χ2v) is 5.09. The lowest BCUT2D eigenvalue weighted by Gasteiger charge is -2.19. The summed E-state index contributed by atoms with van der Waals surface area (Å²) in [5, 5.41) is -0.519. The second-order valence-electron chi connectivity index (χ2n) is 4.71. The second kappa shape index (κ2) is 4.29. The van der Waals surface area contributed by atoms with E-state index >= 15 is 0 Å². The first kappa shape index (κ1) is 12.4. The lowest BCUT2D eigenvalue weighted by atomic mass is 9.98. The lowest BCUT2D eigenvalue weighted by Crippen LogP contribution is -2.41. The van der Waals surface area contributed by atoms with Gasteiger partial charge in [-0.1, -0.05) is 25.4 Å². The summed E-state index contributed by atoms with van der Waals surface area (Å²) in [6.07, 6.45) is 1.65. The topological polar surface area (TPSA) is 54.9 Å². The Labute approximate surface area is 102 Å². The van der Waals surface area contributed by atoms with Crippen molar-refractivity contribution in [1.82, 2.24) is 9.55 Å². The van der Waals surface area contributed by atoms with E-state index in [4.69, 9.17) is 11.6 Å². The maximum atomic E-state index is 13.4. The van der Waals surface area contributed by atoms with E-state index in [-0.39, 0.29) is 12.0 Å². The highest BCUT2D eigenvalue weighted by molar-refractivity contribution is 6.29. The molecule has 94 valence electrons. The zero-order chi connectivity index (χ0) is 12.7. The van der Waals surface area contributed by atoms with Crippen molar-refractivity contribution in [3.8, 4) is 0 Å². The Bertz CT molecular complexity index is 551. The molecule has 0 aliphatic heterocycles.